The van der Waals surface area contributed by atoms with Gasteiger partial charge in [-0.2, -0.15) is 0 Å². The fraction of sp³-hybridized carbons (Fsp3) is 0.364. The lowest BCUT2D eigenvalue weighted by Gasteiger charge is -2.30. The predicted molar refractivity (Wildman–Crippen MR) is 108 cm³/mol. The Morgan fingerprint density at radius 1 is 1.14 bits per heavy atom. The number of ether oxygens (including phenoxy) is 2. The first-order valence-corrected chi connectivity index (χ1v) is 9.32. The minimum Gasteiger partial charge on any atom is -0.497 e. The van der Waals surface area contributed by atoms with Gasteiger partial charge in [0.15, 0.2) is 6.61 Å². The van der Waals surface area contributed by atoms with E-state index in [2.05, 4.69) is 5.32 Å². The highest BCUT2D eigenvalue weighted by Crippen LogP contribution is 2.19. The van der Waals surface area contributed by atoms with E-state index in [1.165, 1.54) is 0 Å². The van der Waals surface area contributed by atoms with Crippen LogP contribution in [0.5, 0.6) is 11.5 Å². The normalized spacial score (nSPS) is 11.4. The highest BCUT2D eigenvalue weighted by molar-refractivity contribution is 5.88. The first kappa shape index (κ1) is 21.3. The zero-order valence-electron chi connectivity index (χ0n) is 16.9. The van der Waals surface area contributed by atoms with Crippen molar-refractivity contribution in [1.29, 1.82) is 0 Å². The molecule has 150 valence electrons. The summed E-state index contributed by atoms with van der Waals surface area (Å²) in [5, 5.41) is 2.64. The number of carbonyl (C=O) groups is 2. The average molecular weight is 384 g/mol. The molecule has 28 heavy (non-hydrogen) atoms. The third kappa shape index (κ3) is 5.49. The first-order valence-electron chi connectivity index (χ1n) is 9.32. The Bertz CT molecular complexity index is 807. The minimum absolute atomic E-state index is 0.137. The zero-order valence-corrected chi connectivity index (χ0v) is 16.9. The Morgan fingerprint density at radius 2 is 1.89 bits per heavy atom. The predicted octanol–water partition coefficient (Wildman–Crippen LogP) is 2.94. The van der Waals surface area contributed by atoms with Gasteiger partial charge in [0.2, 0.25) is 5.91 Å². The number of benzene rings is 2. The number of likely N-dealkylation sites (N-methyl/N-ethyl adjacent to an activating group) is 1. The molecule has 2 aromatic rings. The second kappa shape index (κ2) is 10.3. The van der Waals surface area contributed by atoms with Crippen molar-refractivity contribution in [3.8, 4) is 11.5 Å². The molecule has 0 spiro atoms. The molecule has 0 aliphatic heterocycles. The summed E-state index contributed by atoms with van der Waals surface area (Å²) < 4.78 is 11.0. The molecule has 0 radical (unpaired) electrons. The van der Waals surface area contributed by atoms with Gasteiger partial charge in [0.25, 0.3) is 5.91 Å². The minimum atomic E-state index is -0.579. The maximum atomic E-state index is 13.0. The van der Waals surface area contributed by atoms with E-state index in [0.29, 0.717) is 24.5 Å². The number of hydrogen-bond donors (Lipinski definition) is 1. The monoisotopic (exact) mass is 384 g/mol. The van der Waals surface area contributed by atoms with Gasteiger partial charge in [-0.05, 0) is 42.7 Å². The van der Waals surface area contributed by atoms with Crippen LogP contribution in [0.2, 0.25) is 0 Å². The Hall–Kier alpha value is -3.02. The third-order valence-corrected chi connectivity index (χ3v) is 4.56. The molecule has 0 aliphatic carbocycles. The van der Waals surface area contributed by atoms with Crippen molar-refractivity contribution in [3.05, 3.63) is 59.7 Å². The first-order chi connectivity index (χ1) is 13.5. The smallest absolute Gasteiger partial charge is 0.261 e. The lowest BCUT2D eigenvalue weighted by atomic mass is 10.1. The lowest BCUT2D eigenvalue weighted by Crippen LogP contribution is -2.49. The average Bonchev–Trinajstić information content (AvgIpc) is 2.72. The second-order valence-corrected chi connectivity index (χ2v) is 6.47. The fourth-order valence-electron chi connectivity index (χ4n) is 2.99. The van der Waals surface area contributed by atoms with Gasteiger partial charge >= 0.3 is 0 Å². The molecule has 0 fully saturated rings. The van der Waals surface area contributed by atoms with Crippen molar-refractivity contribution in [3.63, 3.8) is 0 Å². The highest BCUT2D eigenvalue weighted by atomic mass is 16.5. The van der Waals surface area contributed by atoms with Crippen LogP contribution in [0.15, 0.2) is 48.5 Å². The van der Waals surface area contributed by atoms with Crippen molar-refractivity contribution < 1.29 is 19.1 Å². The van der Waals surface area contributed by atoms with Gasteiger partial charge in [0.1, 0.15) is 17.5 Å². The highest BCUT2D eigenvalue weighted by Gasteiger charge is 2.28. The summed E-state index contributed by atoms with van der Waals surface area (Å²) >= 11 is 0. The molecule has 2 amide bonds. The van der Waals surface area contributed by atoms with Gasteiger partial charge in [-0.15, -0.1) is 0 Å². The second-order valence-electron chi connectivity index (χ2n) is 6.47. The summed E-state index contributed by atoms with van der Waals surface area (Å²) in [5.74, 6) is 0.912. The molecule has 1 atom stereocenters. The Balaban J connectivity index is 2.22. The molecule has 0 aromatic heterocycles. The fourth-order valence-corrected chi connectivity index (χ4v) is 2.99. The van der Waals surface area contributed by atoms with Gasteiger partial charge < -0.3 is 19.7 Å². The van der Waals surface area contributed by atoms with Gasteiger partial charge in [0.05, 0.1) is 7.11 Å². The van der Waals surface area contributed by atoms with E-state index in [9.17, 15) is 9.59 Å². The summed E-state index contributed by atoms with van der Waals surface area (Å²) in [7, 11) is 3.17. The van der Waals surface area contributed by atoms with Crippen LogP contribution in [-0.4, -0.2) is 43.5 Å². The van der Waals surface area contributed by atoms with E-state index in [4.69, 9.17) is 9.47 Å². The molecule has 0 bridgehead atoms. The number of nitrogens with zero attached hydrogens (tertiary/aromatic N) is 1. The number of rotatable bonds is 9. The molecule has 6 heteroatoms. The van der Waals surface area contributed by atoms with Gasteiger partial charge in [-0.3, -0.25) is 9.59 Å². The van der Waals surface area contributed by atoms with E-state index >= 15 is 0 Å². The third-order valence-electron chi connectivity index (χ3n) is 4.56. The van der Waals surface area contributed by atoms with Crippen LogP contribution in [0, 0.1) is 6.92 Å². The van der Waals surface area contributed by atoms with E-state index in [0.717, 1.165) is 11.1 Å². The van der Waals surface area contributed by atoms with Crippen LogP contribution in [0.3, 0.4) is 0 Å². The molecule has 0 heterocycles. The lowest BCUT2D eigenvalue weighted by molar-refractivity contribution is -0.142. The molecule has 1 unspecified atom stereocenters. The Kier molecular flexibility index (Phi) is 7.87. The number of para-hydroxylation sites is 1. The number of aryl methyl sites for hydroxylation is 1. The van der Waals surface area contributed by atoms with E-state index in [1.54, 1.807) is 19.1 Å². The summed E-state index contributed by atoms with van der Waals surface area (Å²) in [5.41, 5.74) is 1.83. The maximum absolute atomic E-state index is 13.0. The quantitative estimate of drug-likeness (QED) is 0.722. The molecule has 6 nitrogen and oxygen atoms in total. The van der Waals surface area contributed by atoms with Gasteiger partial charge in [0, 0.05) is 13.6 Å². The molecule has 0 saturated heterocycles. The summed E-state index contributed by atoms with van der Waals surface area (Å²) in [6, 6.07) is 14.4. The van der Waals surface area contributed by atoms with Crippen molar-refractivity contribution in [2.45, 2.75) is 32.9 Å². The number of nitrogens with one attached hydrogen (secondary N) is 1. The summed E-state index contributed by atoms with van der Waals surface area (Å²) in [4.78, 5) is 26.9. The number of methoxy groups -OCH3 is 1. The topological polar surface area (TPSA) is 67.9 Å². The van der Waals surface area contributed by atoms with Crippen molar-refractivity contribution in [1.82, 2.24) is 10.2 Å². The van der Waals surface area contributed by atoms with Gasteiger partial charge in [-0.25, -0.2) is 0 Å². The van der Waals surface area contributed by atoms with Crippen LogP contribution in [0.4, 0.5) is 0 Å². The summed E-state index contributed by atoms with van der Waals surface area (Å²) in [6.45, 7) is 3.96. The van der Waals surface area contributed by atoms with Crippen molar-refractivity contribution >= 4 is 11.8 Å². The Morgan fingerprint density at radius 3 is 2.54 bits per heavy atom. The van der Waals surface area contributed by atoms with Crippen LogP contribution in [-0.2, 0) is 16.1 Å². The molecule has 2 rings (SSSR count). The van der Waals surface area contributed by atoms with Crippen LogP contribution in [0.25, 0.3) is 0 Å². The molecule has 1 N–H and O–H groups in total. The number of carbonyl (C=O) groups excluding carboxylic acids is 2. The van der Waals surface area contributed by atoms with Crippen LogP contribution in [0.1, 0.15) is 24.5 Å². The summed E-state index contributed by atoms with van der Waals surface area (Å²) in [6.07, 6.45) is 0.500. The SMILES string of the molecule is CCC(C(=O)NC)N(Cc1cccc(OC)c1)C(=O)COc1ccccc1C. The van der Waals surface area contributed by atoms with E-state index in [-0.39, 0.29) is 18.4 Å². The number of amides is 2. The molecular weight excluding hydrogens is 356 g/mol. The largest absolute Gasteiger partial charge is 0.497 e. The Labute approximate surface area is 166 Å². The standard InChI is InChI=1S/C22H28N2O4/c1-5-19(22(26)23-3)24(14-17-10-8-11-18(13-17)27-4)21(25)15-28-20-12-7-6-9-16(20)2/h6-13,19H,5,14-15H2,1-4H3,(H,23,26). The van der Waals surface area contributed by atoms with Gasteiger partial charge in [-0.1, -0.05) is 37.3 Å². The van der Waals surface area contributed by atoms with Crippen molar-refractivity contribution in [2.24, 2.45) is 0 Å². The van der Waals surface area contributed by atoms with E-state index in [1.807, 2.05) is 62.4 Å². The van der Waals surface area contributed by atoms with Crippen LogP contribution >= 0.6 is 0 Å². The zero-order chi connectivity index (χ0) is 20.5. The molecular formula is C22H28N2O4. The maximum Gasteiger partial charge on any atom is 0.261 e. The molecule has 2 aromatic carbocycles. The van der Waals surface area contributed by atoms with Crippen LogP contribution < -0.4 is 14.8 Å². The molecule has 0 saturated carbocycles. The number of hydrogen-bond acceptors (Lipinski definition) is 4. The molecule has 0 aliphatic rings. The van der Waals surface area contributed by atoms with Crippen molar-refractivity contribution in [2.75, 3.05) is 20.8 Å². The van der Waals surface area contributed by atoms with E-state index < -0.39 is 6.04 Å².